The number of sulfonamides is 1. The van der Waals surface area contributed by atoms with E-state index < -0.39 is 10.0 Å². The van der Waals surface area contributed by atoms with E-state index in [0.717, 1.165) is 16.5 Å². The molecule has 0 bridgehead atoms. The summed E-state index contributed by atoms with van der Waals surface area (Å²) in [6, 6.07) is 7.32. The first-order valence-corrected chi connectivity index (χ1v) is 8.17. The van der Waals surface area contributed by atoms with Crippen LogP contribution in [-0.4, -0.2) is 27.8 Å². The molecule has 0 amide bonds. The summed E-state index contributed by atoms with van der Waals surface area (Å²) in [6.45, 7) is 0.846. The average Bonchev–Trinajstić information content (AvgIpc) is 2.24. The fraction of sp³-hybridized carbons (Fsp3) is 0.455. The molecule has 0 spiro atoms. The molecule has 0 atom stereocenters. The monoisotopic (exact) mass is 368 g/mol. The zero-order chi connectivity index (χ0) is 12.7. The van der Waals surface area contributed by atoms with Crippen LogP contribution in [0.25, 0.3) is 0 Å². The van der Waals surface area contributed by atoms with Crippen LogP contribution >= 0.6 is 22.6 Å². The first-order chi connectivity index (χ1) is 8.03. The van der Waals surface area contributed by atoms with E-state index in [1.165, 1.54) is 0 Å². The molecular formula is C11H17IN2O2S. The standard InChI is InChI=1S/C11H17IN2O2S/c1-13-7-2-3-8-17(15,16)14-11-6-4-5-10(12)9-11/h4-6,9,13-14H,2-3,7-8H2,1H3. The van der Waals surface area contributed by atoms with Crippen LogP contribution in [0.3, 0.4) is 0 Å². The number of anilines is 1. The van der Waals surface area contributed by atoms with Gasteiger partial charge in [0.2, 0.25) is 10.0 Å². The number of unbranched alkanes of at least 4 members (excludes halogenated alkanes) is 1. The summed E-state index contributed by atoms with van der Waals surface area (Å²) in [7, 11) is -1.35. The van der Waals surface area contributed by atoms with Gasteiger partial charge >= 0.3 is 0 Å². The smallest absolute Gasteiger partial charge is 0.232 e. The van der Waals surface area contributed by atoms with Crippen LogP contribution in [0.15, 0.2) is 24.3 Å². The third-order valence-electron chi connectivity index (χ3n) is 2.19. The van der Waals surface area contributed by atoms with E-state index in [1.807, 2.05) is 25.2 Å². The average molecular weight is 368 g/mol. The second-order valence-corrected chi connectivity index (χ2v) is 6.83. The molecule has 0 heterocycles. The van der Waals surface area contributed by atoms with Crippen molar-refractivity contribution in [2.24, 2.45) is 0 Å². The molecule has 0 aromatic heterocycles. The van der Waals surface area contributed by atoms with Crippen LogP contribution in [0.4, 0.5) is 5.69 Å². The molecule has 0 unspecified atom stereocenters. The predicted molar refractivity (Wildman–Crippen MR) is 79.7 cm³/mol. The molecule has 2 N–H and O–H groups in total. The zero-order valence-corrected chi connectivity index (χ0v) is 12.7. The lowest BCUT2D eigenvalue weighted by Crippen LogP contribution is -2.18. The number of hydrogen-bond donors (Lipinski definition) is 2. The second kappa shape index (κ2) is 7.17. The normalized spacial score (nSPS) is 11.4. The Morgan fingerprint density at radius 2 is 2.06 bits per heavy atom. The van der Waals surface area contributed by atoms with Crippen molar-refractivity contribution in [3.8, 4) is 0 Å². The fourth-order valence-corrected chi connectivity index (χ4v) is 3.09. The molecule has 1 aromatic carbocycles. The SMILES string of the molecule is CNCCCCS(=O)(=O)Nc1cccc(I)c1. The van der Waals surface area contributed by atoms with Crippen molar-refractivity contribution in [3.63, 3.8) is 0 Å². The highest BCUT2D eigenvalue weighted by atomic mass is 127. The van der Waals surface area contributed by atoms with Gasteiger partial charge in [-0.05, 0) is 67.2 Å². The third-order valence-corrected chi connectivity index (χ3v) is 4.23. The van der Waals surface area contributed by atoms with Crippen LogP contribution < -0.4 is 10.0 Å². The molecule has 1 aromatic rings. The van der Waals surface area contributed by atoms with E-state index in [1.54, 1.807) is 6.07 Å². The van der Waals surface area contributed by atoms with Crippen molar-refractivity contribution in [3.05, 3.63) is 27.8 Å². The highest BCUT2D eigenvalue weighted by Gasteiger charge is 2.09. The molecule has 1 rings (SSSR count). The summed E-state index contributed by atoms with van der Waals surface area (Å²) >= 11 is 2.15. The summed E-state index contributed by atoms with van der Waals surface area (Å²) in [4.78, 5) is 0. The number of nitrogens with one attached hydrogen (secondary N) is 2. The lowest BCUT2D eigenvalue weighted by Gasteiger charge is -2.08. The van der Waals surface area contributed by atoms with E-state index >= 15 is 0 Å². The maximum absolute atomic E-state index is 11.7. The Balaban J connectivity index is 2.49. The molecule has 17 heavy (non-hydrogen) atoms. The highest BCUT2D eigenvalue weighted by Crippen LogP contribution is 2.14. The van der Waals surface area contributed by atoms with E-state index in [9.17, 15) is 8.42 Å². The van der Waals surface area contributed by atoms with Crippen molar-refractivity contribution in [2.45, 2.75) is 12.8 Å². The van der Waals surface area contributed by atoms with Crippen molar-refractivity contribution >= 4 is 38.3 Å². The summed E-state index contributed by atoms with van der Waals surface area (Å²) in [5.41, 5.74) is 0.630. The maximum atomic E-state index is 11.7. The Bertz CT molecular complexity index is 449. The zero-order valence-electron chi connectivity index (χ0n) is 9.74. The molecule has 96 valence electrons. The van der Waals surface area contributed by atoms with Crippen LogP contribution in [0.5, 0.6) is 0 Å². The van der Waals surface area contributed by atoms with Gasteiger partial charge < -0.3 is 5.32 Å². The van der Waals surface area contributed by atoms with Crippen LogP contribution in [0.1, 0.15) is 12.8 Å². The van der Waals surface area contributed by atoms with Crippen LogP contribution in [-0.2, 0) is 10.0 Å². The first kappa shape index (κ1) is 14.7. The van der Waals surface area contributed by atoms with Crippen molar-refractivity contribution in [1.29, 1.82) is 0 Å². The molecule has 0 radical (unpaired) electrons. The van der Waals surface area contributed by atoms with E-state index in [4.69, 9.17) is 0 Å². The molecule has 0 aliphatic heterocycles. The van der Waals surface area contributed by atoms with E-state index in [2.05, 4.69) is 32.6 Å². The van der Waals surface area contributed by atoms with Gasteiger partial charge in [0.25, 0.3) is 0 Å². The van der Waals surface area contributed by atoms with Gasteiger partial charge in [0.05, 0.1) is 5.75 Å². The molecule has 0 saturated heterocycles. The number of halogens is 1. The molecular weight excluding hydrogens is 351 g/mol. The largest absolute Gasteiger partial charge is 0.320 e. The maximum Gasteiger partial charge on any atom is 0.232 e. The summed E-state index contributed by atoms with van der Waals surface area (Å²) in [5.74, 6) is 0.167. The lowest BCUT2D eigenvalue weighted by molar-refractivity contribution is 0.595. The van der Waals surface area contributed by atoms with Gasteiger partial charge in [0.1, 0.15) is 0 Å². The van der Waals surface area contributed by atoms with Crippen LogP contribution in [0, 0.1) is 3.57 Å². The fourth-order valence-electron chi connectivity index (χ4n) is 1.38. The minimum Gasteiger partial charge on any atom is -0.320 e. The van der Waals surface area contributed by atoms with Gasteiger partial charge in [-0.1, -0.05) is 6.07 Å². The Morgan fingerprint density at radius 1 is 1.29 bits per heavy atom. The van der Waals surface area contributed by atoms with E-state index in [0.29, 0.717) is 12.1 Å². The quantitative estimate of drug-likeness (QED) is 0.572. The minimum absolute atomic E-state index is 0.167. The Kier molecular flexibility index (Phi) is 6.21. The summed E-state index contributed by atoms with van der Waals surface area (Å²) in [6.07, 6.45) is 1.53. The summed E-state index contributed by atoms with van der Waals surface area (Å²) in [5, 5.41) is 2.99. The number of benzene rings is 1. The van der Waals surface area contributed by atoms with Crippen LogP contribution in [0.2, 0.25) is 0 Å². The molecule has 4 nitrogen and oxygen atoms in total. The molecule has 0 fully saturated rings. The van der Waals surface area contributed by atoms with Gasteiger partial charge in [-0.25, -0.2) is 8.42 Å². The molecule has 6 heteroatoms. The minimum atomic E-state index is -3.21. The van der Waals surface area contributed by atoms with Gasteiger partial charge in [0, 0.05) is 9.26 Å². The Hall–Kier alpha value is -0.340. The van der Waals surface area contributed by atoms with Crippen molar-refractivity contribution in [2.75, 3.05) is 24.1 Å². The topological polar surface area (TPSA) is 58.2 Å². The first-order valence-electron chi connectivity index (χ1n) is 5.44. The predicted octanol–water partition coefficient (Wildman–Crippen LogP) is 2.03. The Labute approximate surface area is 116 Å². The molecule has 0 saturated carbocycles. The third kappa shape index (κ3) is 6.23. The number of hydrogen-bond acceptors (Lipinski definition) is 3. The highest BCUT2D eigenvalue weighted by molar-refractivity contribution is 14.1. The van der Waals surface area contributed by atoms with Crippen molar-refractivity contribution in [1.82, 2.24) is 5.32 Å². The van der Waals surface area contributed by atoms with Gasteiger partial charge in [-0.2, -0.15) is 0 Å². The molecule has 0 aliphatic carbocycles. The Morgan fingerprint density at radius 3 is 2.71 bits per heavy atom. The summed E-state index contributed by atoms with van der Waals surface area (Å²) < 4.78 is 27.1. The molecule has 0 aliphatic rings. The second-order valence-electron chi connectivity index (χ2n) is 3.74. The van der Waals surface area contributed by atoms with Gasteiger partial charge in [0.15, 0.2) is 0 Å². The van der Waals surface area contributed by atoms with Gasteiger partial charge in [-0.15, -0.1) is 0 Å². The number of rotatable bonds is 7. The van der Waals surface area contributed by atoms with Gasteiger partial charge in [-0.3, -0.25) is 4.72 Å². The van der Waals surface area contributed by atoms with E-state index in [-0.39, 0.29) is 5.75 Å². The lowest BCUT2D eigenvalue weighted by atomic mass is 10.3. The van der Waals surface area contributed by atoms with Crippen molar-refractivity contribution < 1.29 is 8.42 Å².